The molecule has 0 saturated carbocycles. The van der Waals surface area contributed by atoms with E-state index in [9.17, 15) is 12.8 Å². The smallest absolute Gasteiger partial charge is 0.204 e. The fourth-order valence-corrected chi connectivity index (χ4v) is 5.36. The molecule has 11 nitrogen and oxygen atoms in total. The second-order valence-electron chi connectivity index (χ2n) is 9.37. The van der Waals surface area contributed by atoms with Gasteiger partial charge < -0.3 is 19.9 Å². The van der Waals surface area contributed by atoms with Crippen LogP contribution in [0.25, 0.3) is 0 Å². The molecule has 1 aliphatic heterocycles. The van der Waals surface area contributed by atoms with E-state index in [0.29, 0.717) is 23.2 Å². The van der Waals surface area contributed by atoms with Crippen LogP contribution in [0.15, 0.2) is 39.2 Å². The van der Waals surface area contributed by atoms with Crippen molar-refractivity contribution >= 4 is 39.1 Å². The molecule has 38 heavy (non-hydrogen) atoms. The van der Waals surface area contributed by atoms with Crippen LogP contribution < -0.4 is 15.0 Å². The van der Waals surface area contributed by atoms with Crippen LogP contribution in [0.2, 0.25) is 0 Å². The Bertz CT molecular complexity index is 1370. The first kappa shape index (κ1) is 28.1. The van der Waals surface area contributed by atoms with E-state index in [4.69, 9.17) is 9.72 Å². The number of aromatic nitrogens is 4. The maximum Gasteiger partial charge on any atom is 0.204 e. The average Bonchev–Trinajstić information content (AvgIpc) is 3.27. The number of hydrogen-bond acceptors (Lipinski definition) is 11. The first-order valence-corrected chi connectivity index (χ1v) is 14.8. The van der Waals surface area contributed by atoms with Crippen LogP contribution >= 0.6 is 11.8 Å². The zero-order chi connectivity index (χ0) is 27.4. The van der Waals surface area contributed by atoms with Crippen LogP contribution in [-0.2, 0) is 9.84 Å². The molecule has 1 aliphatic rings. The Hall–Kier alpha value is -2.94. The lowest BCUT2D eigenvalue weighted by Crippen LogP contribution is -2.48. The van der Waals surface area contributed by atoms with Gasteiger partial charge >= 0.3 is 0 Å². The Morgan fingerprint density at radius 2 is 1.92 bits per heavy atom. The number of aromatic amines is 1. The van der Waals surface area contributed by atoms with Gasteiger partial charge in [-0.05, 0) is 51.0 Å². The number of nitrogens with zero attached hydrogens (tertiary/aromatic N) is 6. The molecular formula is C24H33FN8O3S2. The van der Waals surface area contributed by atoms with Crippen molar-refractivity contribution in [3.05, 3.63) is 35.8 Å². The van der Waals surface area contributed by atoms with Crippen molar-refractivity contribution in [2.45, 2.75) is 21.9 Å². The first-order valence-electron chi connectivity index (χ1n) is 12.1. The van der Waals surface area contributed by atoms with Gasteiger partial charge in [0.25, 0.3) is 0 Å². The first-order chi connectivity index (χ1) is 18.0. The van der Waals surface area contributed by atoms with Gasteiger partial charge in [-0.3, -0.25) is 10.00 Å². The van der Waals surface area contributed by atoms with E-state index < -0.39 is 15.7 Å². The molecule has 206 valence electrons. The molecule has 0 aliphatic carbocycles. The SMILES string of the molecule is COc1c(Nc2cc(C)[nH]n2)nc(Sc2ccc(S(C)(=O)=O)cc2F)nc1N1CCN(CCN(C)C)CC1. The number of nitrogens with one attached hydrogen (secondary N) is 2. The summed E-state index contributed by atoms with van der Waals surface area (Å²) in [6, 6.07) is 5.66. The number of halogens is 1. The van der Waals surface area contributed by atoms with Crippen molar-refractivity contribution in [2.24, 2.45) is 0 Å². The monoisotopic (exact) mass is 564 g/mol. The van der Waals surface area contributed by atoms with Crippen molar-refractivity contribution < 1.29 is 17.5 Å². The molecule has 2 aromatic heterocycles. The van der Waals surface area contributed by atoms with Crippen LogP contribution in [0.4, 0.5) is 21.8 Å². The molecule has 0 atom stereocenters. The number of ether oxygens (including phenoxy) is 1. The maximum atomic E-state index is 14.9. The Morgan fingerprint density at radius 1 is 1.18 bits per heavy atom. The molecule has 14 heteroatoms. The number of H-pyrrole nitrogens is 1. The summed E-state index contributed by atoms with van der Waals surface area (Å²) in [5.74, 6) is 1.35. The van der Waals surface area contributed by atoms with Gasteiger partial charge in [-0.25, -0.2) is 22.8 Å². The Labute approximate surface area is 226 Å². The van der Waals surface area contributed by atoms with Crippen molar-refractivity contribution in [2.75, 3.05) is 76.9 Å². The molecule has 1 aromatic carbocycles. The third-order valence-electron chi connectivity index (χ3n) is 6.05. The minimum atomic E-state index is -3.53. The lowest BCUT2D eigenvalue weighted by Gasteiger charge is -2.36. The standard InChI is InChI=1S/C24H33FN8O3S2/c1-16-14-20(30-29-16)26-22-21(36-4)23(33-12-10-32(11-13-33)9-8-31(2)3)28-24(27-22)37-19-7-6-17(15-18(19)25)38(5,34)35/h6-7,14-15H,8-13H2,1-5H3,(H2,26,27,28,29,30). The van der Waals surface area contributed by atoms with Gasteiger partial charge in [0.05, 0.1) is 16.9 Å². The van der Waals surface area contributed by atoms with Gasteiger partial charge in [-0.1, -0.05) is 0 Å². The van der Waals surface area contributed by atoms with Crippen LogP contribution in [0, 0.1) is 12.7 Å². The van der Waals surface area contributed by atoms with Crippen LogP contribution in [0.3, 0.4) is 0 Å². The van der Waals surface area contributed by atoms with Crippen LogP contribution in [0.5, 0.6) is 5.75 Å². The predicted octanol–water partition coefficient (Wildman–Crippen LogP) is 2.64. The highest BCUT2D eigenvalue weighted by Gasteiger charge is 2.26. The number of methoxy groups -OCH3 is 1. The van der Waals surface area contributed by atoms with E-state index in [1.165, 1.54) is 12.1 Å². The third kappa shape index (κ3) is 6.92. The number of rotatable bonds is 10. The lowest BCUT2D eigenvalue weighted by atomic mass is 10.3. The summed E-state index contributed by atoms with van der Waals surface area (Å²) in [7, 11) is 2.16. The van der Waals surface area contributed by atoms with Gasteiger partial charge in [0, 0.05) is 57.3 Å². The van der Waals surface area contributed by atoms with Gasteiger partial charge in [0.1, 0.15) is 5.82 Å². The molecule has 0 spiro atoms. The number of benzene rings is 1. The number of aryl methyl sites for hydroxylation is 1. The summed E-state index contributed by atoms with van der Waals surface area (Å²) in [6.07, 6.45) is 1.04. The summed E-state index contributed by atoms with van der Waals surface area (Å²) in [5, 5.41) is 10.6. The normalized spacial score (nSPS) is 14.8. The van der Waals surface area contributed by atoms with Crippen molar-refractivity contribution in [3.8, 4) is 5.75 Å². The Kier molecular flexibility index (Phi) is 8.75. The van der Waals surface area contributed by atoms with Gasteiger partial charge in [-0.2, -0.15) is 5.10 Å². The van der Waals surface area contributed by atoms with Crippen molar-refractivity contribution in [1.82, 2.24) is 30.0 Å². The predicted molar refractivity (Wildman–Crippen MR) is 146 cm³/mol. The maximum absolute atomic E-state index is 14.9. The molecule has 0 amide bonds. The third-order valence-corrected chi connectivity index (χ3v) is 8.08. The molecule has 3 aromatic rings. The molecule has 0 radical (unpaired) electrons. The molecule has 1 saturated heterocycles. The minimum absolute atomic E-state index is 0.0842. The molecule has 2 N–H and O–H groups in total. The van der Waals surface area contributed by atoms with E-state index in [2.05, 4.69) is 49.3 Å². The zero-order valence-corrected chi connectivity index (χ0v) is 23.8. The molecule has 1 fully saturated rings. The fourth-order valence-electron chi connectivity index (χ4n) is 3.97. The van der Waals surface area contributed by atoms with Crippen molar-refractivity contribution in [3.63, 3.8) is 0 Å². The quantitative estimate of drug-likeness (QED) is 0.354. The van der Waals surface area contributed by atoms with E-state index in [1.54, 1.807) is 7.11 Å². The summed E-state index contributed by atoms with van der Waals surface area (Å²) in [4.78, 5) is 16.2. The topological polar surface area (TPSA) is 120 Å². The van der Waals surface area contributed by atoms with Gasteiger partial charge in [0.15, 0.2) is 32.4 Å². The number of hydrogen-bond donors (Lipinski definition) is 2. The van der Waals surface area contributed by atoms with Crippen molar-refractivity contribution in [1.29, 1.82) is 0 Å². The number of anilines is 3. The van der Waals surface area contributed by atoms with Crippen LogP contribution in [-0.4, -0.2) is 105 Å². The summed E-state index contributed by atoms with van der Waals surface area (Å²) < 4.78 is 44.3. The van der Waals surface area contributed by atoms with E-state index in [1.807, 2.05) is 13.0 Å². The molecule has 4 rings (SSSR count). The zero-order valence-electron chi connectivity index (χ0n) is 22.2. The highest BCUT2D eigenvalue weighted by atomic mass is 32.2. The highest BCUT2D eigenvalue weighted by Crippen LogP contribution is 2.39. The Balaban J connectivity index is 1.66. The second-order valence-corrected chi connectivity index (χ2v) is 12.4. The second kappa shape index (κ2) is 11.8. The number of sulfone groups is 1. The van der Waals surface area contributed by atoms with Crippen LogP contribution in [0.1, 0.15) is 5.69 Å². The largest absolute Gasteiger partial charge is 0.490 e. The lowest BCUT2D eigenvalue weighted by molar-refractivity contribution is 0.228. The Morgan fingerprint density at radius 3 is 2.50 bits per heavy atom. The fraction of sp³-hybridized carbons (Fsp3) is 0.458. The van der Waals surface area contributed by atoms with E-state index in [-0.39, 0.29) is 14.9 Å². The summed E-state index contributed by atoms with van der Waals surface area (Å²) >= 11 is 1.01. The highest BCUT2D eigenvalue weighted by molar-refractivity contribution is 7.99. The molecular weight excluding hydrogens is 531 g/mol. The number of piperazine rings is 1. The molecule has 0 unspecified atom stereocenters. The van der Waals surface area contributed by atoms with E-state index in [0.717, 1.165) is 69.0 Å². The van der Waals surface area contributed by atoms with E-state index >= 15 is 0 Å². The van der Waals surface area contributed by atoms with Gasteiger partial charge in [0.2, 0.25) is 5.75 Å². The molecule has 3 heterocycles. The van der Waals surface area contributed by atoms with Gasteiger partial charge in [-0.15, -0.1) is 0 Å². The summed E-state index contributed by atoms with van der Waals surface area (Å²) in [6.45, 7) is 7.07. The molecule has 0 bridgehead atoms. The minimum Gasteiger partial charge on any atom is -0.490 e. The number of likely N-dealkylation sites (N-methyl/N-ethyl adjacent to an activating group) is 1. The summed E-state index contributed by atoms with van der Waals surface area (Å²) in [5.41, 5.74) is 0.872. The average molecular weight is 565 g/mol.